The molecule has 0 fully saturated rings. The number of imidazole rings is 1. The number of aryl methyl sites for hydroxylation is 3. The van der Waals surface area contributed by atoms with E-state index in [2.05, 4.69) is 9.97 Å². The van der Waals surface area contributed by atoms with E-state index in [9.17, 15) is 4.79 Å². The second-order valence-corrected chi connectivity index (χ2v) is 4.02. The van der Waals surface area contributed by atoms with Gasteiger partial charge < -0.3 is 4.57 Å². The lowest BCUT2D eigenvalue weighted by atomic mass is 10.1. The second-order valence-electron chi connectivity index (χ2n) is 4.02. The summed E-state index contributed by atoms with van der Waals surface area (Å²) in [6.07, 6.45) is 6.08. The van der Waals surface area contributed by atoms with Crippen molar-refractivity contribution >= 4 is 6.29 Å². The quantitative estimate of drug-likeness (QED) is 0.750. The molecular weight excluding hydrogens is 214 g/mol. The maximum Gasteiger partial charge on any atom is 0.168 e. The minimum absolute atomic E-state index is 0.677. The molecule has 2 aromatic rings. The molecule has 2 rings (SSSR count). The van der Waals surface area contributed by atoms with E-state index in [1.165, 1.54) is 5.56 Å². The van der Waals surface area contributed by atoms with Crippen molar-refractivity contribution in [2.24, 2.45) is 7.05 Å². The predicted octanol–water partition coefficient (Wildman–Crippen LogP) is 1.72. The van der Waals surface area contributed by atoms with Crippen LogP contribution >= 0.6 is 0 Å². The summed E-state index contributed by atoms with van der Waals surface area (Å²) in [4.78, 5) is 19.4. The Balaban J connectivity index is 2.14. The van der Waals surface area contributed by atoms with Gasteiger partial charge >= 0.3 is 0 Å². The number of carbonyl (C=O) groups excluding carboxylic acids is 1. The van der Waals surface area contributed by atoms with E-state index < -0.39 is 0 Å². The van der Waals surface area contributed by atoms with Gasteiger partial charge in [-0.3, -0.25) is 9.78 Å². The van der Waals surface area contributed by atoms with Crippen LogP contribution in [-0.2, 0) is 19.9 Å². The number of hydrogen-bond acceptors (Lipinski definition) is 3. The Kier molecular flexibility index (Phi) is 3.32. The van der Waals surface area contributed by atoms with Crippen LogP contribution in [0, 0.1) is 6.92 Å². The van der Waals surface area contributed by atoms with Crippen molar-refractivity contribution in [2.45, 2.75) is 19.8 Å². The first-order chi connectivity index (χ1) is 8.22. The van der Waals surface area contributed by atoms with Gasteiger partial charge in [-0.15, -0.1) is 0 Å². The lowest BCUT2D eigenvalue weighted by Crippen LogP contribution is -2.00. The Hall–Kier alpha value is -1.97. The fourth-order valence-electron chi connectivity index (χ4n) is 1.84. The first-order valence-electron chi connectivity index (χ1n) is 5.58. The van der Waals surface area contributed by atoms with Gasteiger partial charge in [-0.2, -0.15) is 0 Å². The zero-order valence-corrected chi connectivity index (χ0v) is 10.1. The van der Waals surface area contributed by atoms with Gasteiger partial charge in [0, 0.05) is 19.4 Å². The number of carbonyl (C=O) groups is 1. The van der Waals surface area contributed by atoms with Gasteiger partial charge in [0.05, 0.1) is 5.69 Å². The number of aldehydes is 1. The standard InChI is InChI=1S/C13H15N3O/c1-10-15-12(13(9-17)16(10)2)4-3-11-5-7-14-8-6-11/h5-9H,3-4H2,1-2H3. The zero-order valence-electron chi connectivity index (χ0n) is 10.1. The van der Waals surface area contributed by atoms with Gasteiger partial charge in [-0.05, 0) is 37.5 Å². The van der Waals surface area contributed by atoms with E-state index in [-0.39, 0.29) is 0 Å². The van der Waals surface area contributed by atoms with Gasteiger partial charge in [0.1, 0.15) is 11.5 Å². The van der Waals surface area contributed by atoms with E-state index in [4.69, 9.17) is 0 Å². The van der Waals surface area contributed by atoms with Crippen LogP contribution in [0.4, 0.5) is 0 Å². The molecule has 0 spiro atoms. The molecule has 0 amide bonds. The minimum atomic E-state index is 0.677. The molecule has 0 unspecified atom stereocenters. The van der Waals surface area contributed by atoms with Gasteiger partial charge in [0.15, 0.2) is 6.29 Å². The summed E-state index contributed by atoms with van der Waals surface area (Å²) in [5.74, 6) is 0.872. The highest BCUT2D eigenvalue weighted by Crippen LogP contribution is 2.11. The van der Waals surface area contributed by atoms with Crippen molar-refractivity contribution in [1.29, 1.82) is 0 Å². The van der Waals surface area contributed by atoms with Crippen molar-refractivity contribution in [2.75, 3.05) is 0 Å². The van der Waals surface area contributed by atoms with Crippen molar-refractivity contribution in [3.8, 4) is 0 Å². The third-order valence-electron chi connectivity index (χ3n) is 2.95. The molecule has 4 nitrogen and oxygen atoms in total. The normalized spacial score (nSPS) is 10.5. The molecular formula is C13H15N3O. The smallest absolute Gasteiger partial charge is 0.168 e. The molecule has 0 aliphatic carbocycles. The summed E-state index contributed by atoms with van der Waals surface area (Å²) in [5, 5.41) is 0. The minimum Gasteiger partial charge on any atom is -0.329 e. The summed E-state index contributed by atoms with van der Waals surface area (Å²) >= 11 is 0. The lowest BCUT2D eigenvalue weighted by Gasteiger charge is -2.00. The SMILES string of the molecule is Cc1nc(CCc2ccncc2)c(C=O)n1C. The second kappa shape index (κ2) is 4.91. The van der Waals surface area contributed by atoms with Crippen molar-refractivity contribution in [3.05, 3.63) is 47.3 Å². The highest BCUT2D eigenvalue weighted by atomic mass is 16.1. The van der Waals surface area contributed by atoms with Crippen molar-refractivity contribution < 1.29 is 4.79 Å². The van der Waals surface area contributed by atoms with E-state index in [1.807, 2.05) is 30.7 Å². The van der Waals surface area contributed by atoms with Gasteiger partial charge in [-0.1, -0.05) is 0 Å². The third kappa shape index (κ3) is 2.41. The van der Waals surface area contributed by atoms with Crippen LogP contribution in [0.2, 0.25) is 0 Å². The summed E-state index contributed by atoms with van der Waals surface area (Å²) in [5.41, 5.74) is 2.76. The monoisotopic (exact) mass is 229 g/mol. The number of nitrogens with zero attached hydrogens (tertiary/aromatic N) is 3. The Morgan fingerprint density at radius 1 is 1.29 bits per heavy atom. The van der Waals surface area contributed by atoms with Gasteiger partial charge in [-0.25, -0.2) is 4.98 Å². The average Bonchev–Trinajstić information content (AvgIpc) is 2.63. The molecule has 0 saturated heterocycles. The highest BCUT2D eigenvalue weighted by Gasteiger charge is 2.10. The van der Waals surface area contributed by atoms with E-state index in [0.717, 1.165) is 30.6 Å². The van der Waals surface area contributed by atoms with Crippen LogP contribution in [0.25, 0.3) is 0 Å². The van der Waals surface area contributed by atoms with Crippen molar-refractivity contribution in [3.63, 3.8) is 0 Å². The van der Waals surface area contributed by atoms with Crippen LogP contribution in [0.15, 0.2) is 24.5 Å². The number of rotatable bonds is 4. The molecule has 4 heteroatoms. The number of hydrogen-bond donors (Lipinski definition) is 0. The topological polar surface area (TPSA) is 47.8 Å². The van der Waals surface area contributed by atoms with E-state index >= 15 is 0 Å². The predicted molar refractivity (Wildman–Crippen MR) is 65.0 cm³/mol. The summed E-state index contributed by atoms with van der Waals surface area (Å²) in [7, 11) is 1.86. The lowest BCUT2D eigenvalue weighted by molar-refractivity contribution is 0.111. The third-order valence-corrected chi connectivity index (χ3v) is 2.95. The molecule has 0 atom stereocenters. The zero-order chi connectivity index (χ0) is 12.3. The largest absolute Gasteiger partial charge is 0.329 e. The molecule has 88 valence electrons. The summed E-state index contributed by atoms with van der Waals surface area (Å²) < 4.78 is 1.83. The molecule has 0 saturated carbocycles. The molecule has 2 aromatic heterocycles. The molecule has 0 N–H and O–H groups in total. The van der Waals surface area contributed by atoms with E-state index in [0.29, 0.717) is 5.69 Å². The number of aromatic nitrogens is 3. The van der Waals surface area contributed by atoms with Crippen LogP contribution in [-0.4, -0.2) is 20.8 Å². The molecule has 0 bridgehead atoms. The van der Waals surface area contributed by atoms with Crippen LogP contribution in [0.3, 0.4) is 0 Å². The fourth-order valence-corrected chi connectivity index (χ4v) is 1.84. The Bertz CT molecular complexity index is 517. The van der Waals surface area contributed by atoms with Crippen LogP contribution in [0.5, 0.6) is 0 Å². The molecule has 0 radical (unpaired) electrons. The first-order valence-corrected chi connectivity index (χ1v) is 5.58. The van der Waals surface area contributed by atoms with Crippen LogP contribution in [0.1, 0.15) is 27.6 Å². The molecule has 0 aliphatic heterocycles. The van der Waals surface area contributed by atoms with Gasteiger partial charge in [0.2, 0.25) is 0 Å². The maximum absolute atomic E-state index is 11.0. The van der Waals surface area contributed by atoms with Gasteiger partial charge in [0.25, 0.3) is 0 Å². The number of pyridine rings is 1. The Morgan fingerprint density at radius 2 is 2.00 bits per heavy atom. The molecule has 0 aliphatic rings. The fraction of sp³-hybridized carbons (Fsp3) is 0.308. The Morgan fingerprint density at radius 3 is 2.65 bits per heavy atom. The maximum atomic E-state index is 11.0. The summed E-state index contributed by atoms with van der Waals surface area (Å²) in [6.45, 7) is 1.91. The van der Waals surface area contributed by atoms with E-state index in [1.54, 1.807) is 12.4 Å². The molecule has 0 aromatic carbocycles. The Labute approximate surface area is 100 Å². The average molecular weight is 229 g/mol. The molecule has 17 heavy (non-hydrogen) atoms. The van der Waals surface area contributed by atoms with Crippen LogP contribution < -0.4 is 0 Å². The first kappa shape index (κ1) is 11.5. The van der Waals surface area contributed by atoms with Crippen molar-refractivity contribution in [1.82, 2.24) is 14.5 Å². The summed E-state index contributed by atoms with van der Waals surface area (Å²) in [6, 6.07) is 3.97. The molecule has 2 heterocycles. The highest BCUT2D eigenvalue weighted by molar-refractivity contribution is 5.74.